The minimum Gasteiger partial charge on any atom is -0.465 e. The molecule has 1 saturated heterocycles. The topological polar surface area (TPSA) is 67.9 Å². The minimum absolute atomic E-state index is 0.138. The van der Waals surface area contributed by atoms with Gasteiger partial charge >= 0.3 is 5.97 Å². The maximum absolute atomic E-state index is 12.8. The Morgan fingerprint density at radius 1 is 1.39 bits per heavy atom. The second-order valence-corrected chi connectivity index (χ2v) is 9.17. The van der Waals surface area contributed by atoms with Crippen molar-refractivity contribution < 1.29 is 19.1 Å². The van der Waals surface area contributed by atoms with E-state index in [-0.39, 0.29) is 18.6 Å². The summed E-state index contributed by atoms with van der Waals surface area (Å²) in [4.78, 5) is 29.2. The molecule has 8 heteroatoms. The quantitative estimate of drug-likeness (QED) is 0.655. The van der Waals surface area contributed by atoms with Gasteiger partial charge in [-0.2, -0.15) is 0 Å². The van der Waals surface area contributed by atoms with Gasteiger partial charge < -0.3 is 14.8 Å². The van der Waals surface area contributed by atoms with Crippen LogP contribution in [0, 0.1) is 13.8 Å². The SMILES string of the molecule is COC(=O)c1c(NC(=O)CN(Cc2cccs2)C[C@@H]2CCCO2)sc(C)c1C. The van der Waals surface area contributed by atoms with Crippen molar-refractivity contribution in [2.24, 2.45) is 0 Å². The Kier molecular flexibility index (Phi) is 7.23. The Bertz CT molecular complexity index is 811. The average Bonchev–Trinajstić information content (AvgIpc) is 3.39. The van der Waals surface area contributed by atoms with Crippen LogP contribution in [0.5, 0.6) is 0 Å². The van der Waals surface area contributed by atoms with E-state index >= 15 is 0 Å². The summed E-state index contributed by atoms with van der Waals surface area (Å²) >= 11 is 3.09. The van der Waals surface area contributed by atoms with E-state index in [4.69, 9.17) is 9.47 Å². The minimum atomic E-state index is -0.424. The summed E-state index contributed by atoms with van der Waals surface area (Å²) in [5.41, 5.74) is 1.30. The van der Waals surface area contributed by atoms with E-state index in [9.17, 15) is 9.59 Å². The number of rotatable bonds is 8. The van der Waals surface area contributed by atoms with Gasteiger partial charge in [0.1, 0.15) is 5.00 Å². The van der Waals surface area contributed by atoms with Gasteiger partial charge in [0.05, 0.1) is 25.3 Å². The lowest BCUT2D eigenvalue weighted by molar-refractivity contribution is -0.117. The maximum atomic E-state index is 12.8. The molecule has 1 fully saturated rings. The summed E-state index contributed by atoms with van der Waals surface area (Å²) < 4.78 is 10.6. The zero-order chi connectivity index (χ0) is 20.1. The number of methoxy groups -OCH3 is 1. The number of carbonyl (C=O) groups is 2. The number of amides is 1. The van der Waals surface area contributed by atoms with Crippen molar-refractivity contribution in [2.75, 3.05) is 32.1 Å². The molecule has 2 aromatic rings. The van der Waals surface area contributed by atoms with E-state index in [2.05, 4.69) is 16.3 Å². The fourth-order valence-corrected chi connectivity index (χ4v) is 5.13. The number of ether oxygens (including phenoxy) is 2. The highest BCUT2D eigenvalue weighted by molar-refractivity contribution is 7.16. The van der Waals surface area contributed by atoms with Gasteiger partial charge in [-0.05, 0) is 43.7 Å². The van der Waals surface area contributed by atoms with Crippen molar-refractivity contribution >= 4 is 39.6 Å². The van der Waals surface area contributed by atoms with Crippen molar-refractivity contribution in [3.63, 3.8) is 0 Å². The molecule has 3 heterocycles. The molecule has 0 aliphatic carbocycles. The highest BCUT2D eigenvalue weighted by Crippen LogP contribution is 2.33. The van der Waals surface area contributed by atoms with Crippen LogP contribution in [0.15, 0.2) is 17.5 Å². The van der Waals surface area contributed by atoms with Gasteiger partial charge in [0, 0.05) is 29.5 Å². The molecule has 1 atom stereocenters. The molecule has 1 aliphatic rings. The summed E-state index contributed by atoms with van der Waals surface area (Å²) in [6.45, 7) is 6.26. The third-order valence-corrected chi connectivity index (χ3v) is 6.82. The number of hydrogen-bond acceptors (Lipinski definition) is 7. The van der Waals surface area contributed by atoms with Crippen LogP contribution < -0.4 is 5.32 Å². The van der Waals surface area contributed by atoms with E-state index in [1.165, 1.54) is 23.3 Å². The Balaban J connectivity index is 1.69. The number of thiophene rings is 2. The Morgan fingerprint density at radius 2 is 2.21 bits per heavy atom. The number of hydrogen-bond donors (Lipinski definition) is 1. The van der Waals surface area contributed by atoms with Gasteiger partial charge in [-0.25, -0.2) is 4.79 Å². The highest BCUT2D eigenvalue weighted by atomic mass is 32.1. The fourth-order valence-electron chi connectivity index (χ4n) is 3.32. The lowest BCUT2D eigenvalue weighted by Crippen LogP contribution is -2.37. The number of nitrogens with zero attached hydrogens (tertiary/aromatic N) is 1. The van der Waals surface area contributed by atoms with E-state index in [1.807, 2.05) is 25.3 Å². The molecule has 0 unspecified atom stereocenters. The Labute approximate surface area is 173 Å². The van der Waals surface area contributed by atoms with E-state index in [0.717, 1.165) is 36.4 Å². The molecule has 3 rings (SSSR count). The number of esters is 1. The van der Waals surface area contributed by atoms with Gasteiger partial charge in [-0.15, -0.1) is 22.7 Å². The zero-order valence-corrected chi connectivity index (χ0v) is 18.1. The summed E-state index contributed by atoms with van der Waals surface area (Å²) in [6.07, 6.45) is 2.27. The number of nitrogens with one attached hydrogen (secondary N) is 1. The lowest BCUT2D eigenvalue weighted by Gasteiger charge is -2.24. The summed E-state index contributed by atoms with van der Waals surface area (Å²) in [7, 11) is 1.35. The number of carbonyl (C=O) groups excluding carboxylic acids is 2. The number of aryl methyl sites for hydroxylation is 1. The summed E-state index contributed by atoms with van der Waals surface area (Å²) in [6, 6.07) is 4.09. The second-order valence-electron chi connectivity index (χ2n) is 6.91. The largest absolute Gasteiger partial charge is 0.465 e. The third kappa shape index (κ3) is 5.20. The molecule has 1 N–H and O–H groups in total. The molecule has 0 bridgehead atoms. The molecule has 2 aromatic heterocycles. The fraction of sp³-hybridized carbons (Fsp3) is 0.500. The van der Waals surface area contributed by atoms with Crippen molar-refractivity contribution in [3.8, 4) is 0 Å². The van der Waals surface area contributed by atoms with Gasteiger partial charge in [-0.1, -0.05) is 6.07 Å². The van der Waals surface area contributed by atoms with E-state index in [1.54, 1.807) is 11.3 Å². The predicted octanol–water partition coefficient (Wildman–Crippen LogP) is 3.83. The molecule has 0 saturated carbocycles. The standard InChI is InChI=1S/C20H26N2O4S2/c1-13-14(2)28-19(18(13)20(24)25-3)21-17(23)12-22(10-15-6-4-8-26-15)11-16-7-5-9-27-16/h5,7,9,15H,4,6,8,10-12H2,1-3H3,(H,21,23)/t15-/m0/s1. The van der Waals surface area contributed by atoms with Gasteiger partial charge in [-0.3, -0.25) is 9.69 Å². The Hall–Kier alpha value is -1.74. The van der Waals surface area contributed by atoms with Crippen LogP contribution in [0.25, 0.3) is 0 Å². The molecule has 0 aromatic carbocycles. The van der Waals surface area contributed by atoms with Crippen LogP contribution in [0.2, 0.25) is 0 Å². The first-order valence-electron chi connectivity index (χ1n) is 9.32. The number of anilines is 1. The second kappa shape index (κ2) is 9.65. The van der Waals surface area contributed by atoms with Crippen LogP contribution in [0.1, 0.15) is 38.5 Å². The summed E-state index contributed by atoms with van der Waals surface area (Å²) in [5, 5.41) is 5.52. The van der Waals surface area contributed by atoms with Crippen LogP contribution in [-0.2, 0) is 20.8 Å². The van der Waals surface area contributed by atoms with Crippen LogP contribution in [-0.4, -0.2) is 49.7 Å². The van der Waals surface area contributed by atoms with Gasteiger partial charge in [0.15, 0.2) is 0 Å². The molecule has 0 radical (unpaired) electrons. The van der Waals surface area contributed by atoms with Crippen LogP contribution >= 0.6 is 22.7 Å². The summed E-state index contributed by atoms with van der Waals surface area (Å²) in [5.74, 6) is -0.562. The van der Waals surface area contributed by atoms with Gasteiger partial charge in [0.25, 0.3) is 0 Å². The van der Waals surface area contributed by atoms with Gasteiger partial charge in [0.2, 0.25) is 5.91 Å². The van der Waals surface area contributed by atoms with Crippen molar-refractivity contribution in [2.45, 2.75) is 39.3 Å². The van der Waals surface area contributed by atoms with Crippen molar-refractivity contribution in [1.29, 1.82) is 0 Å². The highest BCUT2D eigenvalue weighted by Gasteiger charge is 2.24. The normalized spacial score (nSPS) is 16.5. The monoisotopic (exact) mass is 422 g/mol. The molecule has 0 spiro atoms. The van der Waals surface area contributed by atoms with E-state index in [0.29, 0.717) is 17.1 Å². The van der Waals surface area contributed by atoms with Crippen molar-refractivity contribution in [3.05, 3.63) is 38.4 Å². The molecular formula is C20H26N2O4S2. The Morgan fingerprint density at radius 3 is 2.86 bits per heavy atom. The van der Waals surface area contributed by atoms with Crippen molar-refractivity contribution in [1.82, 2.24) is 4.90 Å². The molecule has 28 heavy (non-hydrogen) atoms. The van der Waals surface area contributed by atoms with E-state index < -0.39 is 5.97 Å². The predicted molar refractivity (Wildman–Crippen MR) is 112 cm³/mol. The first kappa shape index (κ1) is 21.0. The molecule has 152 valence electrons. The van der Waals surface area contributed by atoms with Crippen LogP contribution in [0.3, 0.4) is 0 Å². The average molecular weight is 423 g/mol. The lowest BCUT2D eigenvalue weighted by atomic mass is 10.1. The molecule has 6 nitrogen and oxygen atoms in total. The first-order chi connectivity index (χ1) is 13.5. The molecule has 1 amide bonds. The molecule has 1 aliphatic heterocycles. The van der Waals surface area contributed by atoms with Crippen LogP contribution in [0.4, 0.5) is 5.00 Å². The third-order valence-electron chi connectivity index (χ3n) is 4.84. The first-order valence-corrected chi connectivity index (χ1v) is 11.0. The zero-order valence-electron chi connectivity index (χ0n) is 16.4. The smallest absolute Gasteiger partial charge is 0.341 e. The maximum Gasteiger partial charge on any atom is 0.341 e. The molecular weight excluding hydrogens is 396 g/mol.